The van der Waals surface area contributed by atoms with E-state index in [1.165, 1.54) is 16.6 Å². The zero-order valence-electron chi connectivity index (χ0n) is 12.7. The number of hydrogen-bond acceptors (Lipinski definition) is 2. The van der Waals surface area contributed by atoms with Gasteiger partial charge in [0.1, 0.15) is 0 Å². The molecule has 2 aromatic rings. The summed E-state index contributed by atoms with van der Waals surface area (Å²) in [6, 6.07) is 8.66. The SMILES string of the molecule is CCCc1cccc2c(NC)cc(C(C)(C)C)nc12. The Hall–Kier alpha value is -1.57. The van der Waals surface area contributed by atoms with E-state index in [1.54, 1.807) is 0 Å². The predicted octanol–water partition coefficient (Wildman–Crippen LogP) is 4.53. The Labute approximate surface area is 116 Å². The summed E-state index contributed by atoms with van der Waals surface area (Å²) in [6.45, 7) is 8.85. The summed E-state index contributed by atoms with van der Waals surface area (Å²) in [5, 5.41) is 4.54. The third-order valence-electron chi connectivity index (χ3n) is 3.48. The van der Waals surface area contributed by atoms with Crippen LogP contribution in [0, 0.1) is 0 Å². The van der Waals surface area contributed by atoms with Crippen molar-refractivity contribution < 1.29 is 0 Å². The standard InChI is InChI=1S/C17H24N2/c1-6-8-12-9-7-10-13-14(18-5)11-15(17(2,3)4)19-16(12)13/h7,9-11H,6,8H2,1-5H3,(H,18,19). The molecule has 19 heavy (non-hydrogen) atoms. The Bertz CT molecular complexity index is 580. The molecule has 2 rings (SSSR count). The van der Waals surface area contributed by atoms with Crippen molar-refractivity contribution in [1.29, 1.82) is 0 Å². The van der Waals surface area contributed by atoms with Gasteiger partial charge in [-0.05, 0) is 18.1 Å². The van der Waals surface area contributed by atoms with Crippen LogP contribution in [0.5, 0.6) is 0 Å². The molecule has 2 nitrogen and oxygen atoms in total. The Morgan fingerprint density at radius 3 is 2.53 bits per heavy atom. The normalized spacial score (nSPS) is 11.8. The average molecular weight is 256 g/mol. The van der Waals surface area contributed by atoms with Crippen LogP contribution in [0.3, 0.4) is 0 Å². The molecule has 0 aliphatic heterocycles. The average Bonchev–Trinajstić information content (AvgIpc) is 2.37. The van der Waals surface area contributed by atoms with E-state index < -0.39 is 0 Å². The largest absolute Gasteiger partial charge is 0.388 e. The number of aromatic nitrogens is 1. The molecule has 0 radical (unpaired) electrons. The van der Waals surface area contributed by atoms with Gasteiger partial charge in [-0.25, -0.2) is 0 Å². The number of nitrogens with zero attached hydrogens (tertiary/aromatic N) is 1. The van der Waals surface area contributed by atoms with Crippen LogP contribution in [0.4, 0.5) is 5.69 Å². The minimum atomic E-state index is 0.0686. The second kappa shape index (κ2) is 5.20. The first kappa shape index (κ1) is 13.9. The number of nitrogens with one attached hydrogen (secondary N) is 1. The molecule has 0 bridgehead atoms. The maximum absolute atomic E-state index is 4.93. The first-order valence-corrected chi connectivity index (χ1v) is 7.08. The van der Waals surface area contributed by atoms with E-state index in [2.05, 4.69) is 57.3 Å². The van der Waals surface area contributed by atoms with Crippen LogP contribution in [-0.4, -0.2) is 12.0 Å². The lowest BCUT2D eigenvalue weighted by Crippen LogP contribution is -2.14. The Balaban J connectivity index is 2.74. The predicted molar refractivity (Wildman–Crippen MR) is 84.0 cm³/mol. The maximum Gasteiger partial charge on any atom is 0.0758 e. The molecule has 0 fully saturated rings. The highest BCUT2D eigenvalue weighted by Gasteiger charge is 2.18. The monoisotopic (exact) mass is 256 g/mol. The molecule has 0 aliphatic rings. The van der Waals surface area contributed by atoms with Gasteiger partial charge in [-0.1, -0.05) is 52.3 Å². The van der Waals surface area contributed by atoms with Gasteiger partial charge >= 0.3 is 0 Å². The zero-order chi connectivity index (χ0) is 14.0. The highest BCUT2D eigenvalue weighted by atomic mass is 14.8. The highest BCUT2D eigenvalue weighted by Crippen LogP contribution is 2.30. The van der Waals surface area contributed by atoms with Gasteiger partial charge in [0.15, 0.2) is 0 Å². The Kier molecular flexibility index (Phi) is 3.79. The van der Waals surface area contributed by atoms with E-state index in [1.807, 2.05) is 7.05 Å². The Morgan fingerprint density at radius 2 is 1.95 bits per heavy atom. The molecule has 0 atom stereocenters. The smallest absolute Gasteiger partial charge is 0.0758 e. The molecule has 0 unspecified atom stereocenters. The quantitative estimate of drug-likeness (QED) is 0.873. The highest BCUT2D eigenvalue weighted by molar-refractivity contribution is 5.93. The van der Waals surface area contributed by atoms with E-state index in [9.17, 15) is 0 Å². The fraction of sp³-hybridized carbons (Fsp3) is 0.471. The molecule has 0 spiro atoms. The van der Waals surface area contributed by atoms with Gasteiger partial charge in [-0.2, -0.15) is 0 Å². The second-order valence-electron chi connectivity index (χ2n) is 6.12. The van der Waals surface area contributed by atoms with Gasteiger partial charge < -0.3 is 5.32 Å². The summed E-state index contributed by atoms with van der Waals surface area (Å²) < 4.78 is 0. The molecule has 1 N–H and O–H groups in total. The van der Waals surface area contributed by atoms with Crippen LogP contribution in [-0.2, 0) is 11.8 Å². The van der Waals surface area contributed by atoms with Crippen LogP contribution in [0.2, 0.25) is 0 Å². The molecule has 1 heterocycles. The van der Waals surface area contributed by atoms with E-state index in [4.69, 9.17) is 4.98 Å². The van der Waals surface area contributed by atoms with Crippen molar-refractivity contribution in [3.05, 3.63) is 35.5 Å². The summed E-state index contributed by atoms with van der Waals surface area (Å²) in [7, 11) is 1.98. The number of fused-ring (bicyclic) bond motifs is 1. The maximum atomic E-state index is 4.93. The van der Waals surface area contributed by atoms with E-state index in [-0.39, 0.29) is 5.41 Å². The van der Waals surface area contributed by atoms with Gasteiger partial charge in [-0.15, -0.1) is 0 Å². The lowest BCUT2D eigenvalue weighted by molar-refractivity contribution is 0.571. The summed E-state index contributed by atoms with van der Waals surface area (Å²) in [5.74, 6) is 0. The molecule has 0 aliphatic carbocycles. The van der Waals surface area contributed by atoms with Crippen LogP contribution in [0.15, 0.2) is 24.3 Å². The number of anilines is 1. The number of pyridine rings is 1. The topological polar surface area (TPSA) is 24.9 Å². The van der Waals surface area contributed by atoms with E-state index >= 15 is 0 Å². The van der Waals surface area contributed by atoms with Crippen molar-refractivity contribution in [2.75, 3.05) is 12.4 Å². The van der Waals surface area contributed by atoms with Crippen molar-refractivity contribution in [3.8, 4) is 0 Å². The van der Waals surface area contributed by atoms with E-state index in [0.29, 0.717) is 0 Å². The van der Waals surface area contributed by atoms with Crippen LogP contribution < -0.4 is 5.32 Å². The lowest BCUT2D eigenvalue weighted by atomic mass is 9.90. The Morgan fingerprint density at radius 1 is 1.21 bits per heavy atom. The minimum Gasteiger partial charge on any atom is -0.388 e. The lowest BCUT2D eigenvalue weighted by Gasteiger charge is -2.21. The summed E-state index contributed by atoms with van der Waals surface area (Å²) in [6.07, 6.45) is 2.23. The first-order chi connectivity index (χ1) is 8.97. The fourth-order valence-corrected chi connectivity index (χ4v) is 2.37. The molecule has 102 valence electrons. The summed E-state index contributed by atoms with van der Waals surface area (Å²) in [4.78, 5) is 4.93. The third kappa shape index (κ3) is 2.73. The van der Waals surface area contributed by atoms with Crippen molar-refractivity contribution >= 4 is 16.6 Å². The first-order valence-electron chi connectivity index (χ1n) is 7.08. The van der Waals surface area contributed by atoms with Crippen LogP contribution in [0.25, 0.3) is 10.9 Å². The van der Waals surface area contributed by atoms with Crippen molar-refractivity contribution in [2.24, 2.45) is 0 Å². The number of hydrogen-bond donors (Lipinski definition) is 1. The van der Waals surface area contributed by atoms with Gasteiger partial charge in [0, 0.05) is 29.2 Å². The molecular weight excluding hydrogens is 232 g/mol. The number of aryl methyl sites for hydroxylation is 1. The van der Waals surface area contributed by atoms with Gasteiger partial charge in [0.25, 0.3) is 0 Å². The molecule has 0 saturated heterocycles. The summed E-state index contributed by atoms with van der Waals surface area (Å²) >= 11 is 0. The van der Waals surface area contributed by atoms with Gasteiger partial charge in [-0.3, -0.25) is 4.98 Å². The van der Waals surface area contributed by atoms with Crippen LogP contribution >= 0.6 is 0 Å². The number of rotatable bonds is 3. The molecule has 2 heteroatoms. The fourth-order valence-electron chi connectivity index (χ4n) is 2.37. The van der Waals surface area contributed by atoms with Crippen molar-refractivity contribution in [1.82, 2.24) is 4.98 Å². The third-order valence-corrected chi connectivity index (χ3v) is 3.48. The number of benzene rings is 1. The van der Waals surface area contributed by atoms with Gasteiger partial charge in [0.2, 0.25) is 0 Å². The molecule has 0 saturated carbocycles. The molecule has 1 aromatic carbocycles. The number of para-hydroxylation sites is 1. The van der Waals surface area contributed by atoms with E-state index in [0.717, 1.165) is 24.1 Å². The molecule has 0 amide bonds. The van der Waals surface area contributed by atoms with Crippen LogP contribution in [0.1, 0.15) is 45.4 Å². The summed E-state index contributed by atoms with van der Waals surface area (Å²) in [5.41, 5.74) is 4.89. The van der Waals surface area contributed by atoms with Gasteiger partial charge in [0.05, 0.1) is 5.52 Å². The molecular formula is C17H24N2. The minimum absolute atomic E-state index is 0.0686. The van der Waals surface area contributed by atoms with Crippen molar-refractivity contribution in [2.45, 2.75) is 46.0 Å². The second-order valence-corrected chi connectivity index (χ2v) is 6.12. The zero-order valence-corrected chi connectivity index (χ0v) is 12.7. The molecule has 1 aromatic heterocycles. The van der Waals surface area contributed by atoms with Crippen molar-refractivity contribution in [3.63, 3.8) is 0 Å².